The summed E-state index contributed by atoms with van der Waals surface area (Å²) in [5.41, 5.74) is 1.64. The number of Topliss-reactive ketones (excluding diaryl/α,β-unsaturated/α-hetero) is 1. The molecular formula is C14H22N2OS. The van der Waals surface area contributed by atoms with Crippen LogP contribution in [0.15, 0.2) is 0 Å². The molecule has 2 rings (SSSR count). The van der Waals surface area contributed by atoms with Gasteiger partial charge in [0.25, 0.3) is 0 Å². The number of anilines is 1. The van der Waals surface area contributed by atoms with E-state index in [1.165, 1.54) is 30.8 Å². The van der Waals surface area contributed by atoms with Crippen molar-refractivity contribution in [2.75, 3.05) is 5.32 Å². The summed E-state index contributed by atoms with van der Waals surface area (Å²) in [5, 5.41) is 4.51. The van der Waals surface area contributed by atoms with Gasteiger partial charge in [0.1, 0.15) is 5.00 Å². The van der Waals surface area contributed by atoms with Crippen molar-refractivity contribution in [2.24, 2.45) is 11.8 Å². The second-order valence-electron chi connectivity index (χ2n) is 5.79. The topological polar surface area (TPSA) is 42.0 Å². The molecule has 0 spiro atoms. The molecule has 100 valence electrons. The summed E-state index contributed by atoms with van der Waals surface area (Å²) in [6.45, 7) is 8.15. The zero-order valence-corrected chi connectivity index (χ0v) is 12.4. The molecule has 1 aliphatic rings. The van der Waals surface area contributed by atoms with Crippen LogP contribution < -0.4 is 5.32 Å². The molecule has 0 amide bonds. The van der Waals surface area contributed by atoms with Gasteiger partial charge in [0.2, 0.25) is 0 Å². The minimum Gasteiger partial charge on any atom is -0.372 e. The molecule has 1 aromatic rings. The first-order valence-electron chi connectivity index (χ1n) is 6.71. The lowest BCUT2D eigenvalue weighted by molar-refractivity contribution is 0.101. The lowest BCUT2D eigenvalue weighted by Gasteiger charge is -2.32. The molecule has 1 heterocycles. The van der Waals surface area contributed by atoms with Crippen LogP contribution >= 0.6 is 11.5 Å². The van der Waals surface area contributed by atoms with Crippen LogP contribution in [0.3, 0.4) is 0 Å². The Morgan fingerprint density at radius 2 is 1.89 bits per heavy atom. The van der Waals surface area contributed by atoms with Crippen molar-refractivity contribution >= 4 is 22.3 Å². The third-order valence-corrected chi connectivity index (χ3v) is 4.60. The predicted molar refractivity (Wildman–Crippen MR) is 76.4 cm³/mol. The highest BCUT2D eigenvalue weighted by molar-refractivity contribution is 7.10. The number of carbonyl (C=O) groups excluding carboxylic acids is 1. The number of ketones is 1. The first-order chi connectivity index (χ1) is 8.47. The Hall–Kier alpha value is -0.900. The second-order valence-corrected chi connectivity index (χ2v) is 6.56. The van der Waals surface area contributed by atoms with Gasteiger partial charge in [-0.2, -0.15) is 4.37 Å². The highest BCUT2D eigenvalue weighted by Crippen LogP contribution is 2.33. The number of aryl methyl sites for hydroxylation is 1. The van der Waals surface area contributed by atoms with E-state index in [4.69, 9.17) is 0 Å². The SMILES string of the molecule is CC(=O)c1c(C)nsc1NC1CC(C)CC(C)C1. The molecule has 0 saturated heterocycles. The molecule has 0 bridgehead atoms. The van der Waals surface area contributed by atoms with Crippen molar-refractivity contribution < 1.29 is 4.79 Å². The summed E-state index contributed by atoms with van der Waals surface area (Å²) in [6, 6.07) is 0.488. The van der Waals surface area contributed by atoms with E-state index in [0.717, 1.165) is 28.1 Å². The molecule has 1 aromatic heterocycles. The number of carbonyl (C=O) groups is 1. The molecule has 18 heavy (non-hydrogen) atoms. The van der Waals surface area contributed by atoms with Gasteiger partial charge in [-0.3, -0.25) is 4.79 Å². The van der Waals surface area contributed by atoms with Gasteiger partial charge in [0.15, 0.2) is 5.78 Å². The Bertz CT molecular complexity index is 431. The van der Waals surface area contributed by atoms with E-state index >= 15 is 0 Å². The molecule has 2 atom stereocenters. The second kappa shape index (κ2) is 5.39. The Kier molecular flexibility index (Phi) is 4.05. The fraction of sp³-hybridized carbons (Fsp3) is 0.714. The van der Waals surface area contributed by atoms with Crippen LogP contribution in [0.1, 0.15) is 56.1 Å². The van der Waals surface area contributed by atoms with Crippen molar-refractivity contribution in [1.29, 1.82) is 0 Å². The van der Waals surface area contributed by atoms with Crippen LogP contribution in [-0.4, -0.2) is 16.2 Å². The molecule has 0 aromatic carbocycles. The molecule has 1 saturated carbocycles. The molecule has 2 unspecified atom stereocenters. The molecule has 0 radical (unpaired) electrons. The molecule has 1 fully saturated rings. The number of hydrogen-bond donors (Lipinski definition) is 1. The summed E-state index contributed by atoms with van der Waals surface area (Å²) >= 11 is 1.42. The largest absolute Gasteiger partial charge is 0.372 e. The third-order valence-electron chi connectivity index (χ3n) is 3.73. The Labute approximate surface area is 113 Å². The number of aromatic nitrogens is 1. The van der Waals surface area contributed by atoms with Crippen molar-refractivity contribution in [3.05, 3.63) is 11.3 Å². The average molecular weight is 266 g/mol. The van der Waals surface area contributed by atoms with E-state index in [0.29, 0.717) is 6.04 Å². The van der Waals surface area contributed by atoms with Crippen molar-refractivity contribution in [3.8, 4) is 0 Å². The van der Waals surface area contributed by atoms with E-state index in [9.17, 15) is 4.79 Å². The zero-order valence-electron chi connectivity index (χ0n) is 11.6. The molecule has 3 nitrogen and oxygen atoms in total. The number of nitrogens with zero attached hydrogens (tertiary/aromatic N) is 1. The Morgan fingerprint density at radius 3 is 2.44 bits per heavy atom. The van der Waals surface area contributed by atoms with Gasteiger partial charge in [-0.15, -0.1) is 0 Å². The maximum atomic E-state index is 11.6. The number of hydrogen-bond acceptors (Lipinski definition) is 4. The van der Waals surface area contributed by atoms with Gasteiger partial charge in [-0.25, -0.2) is 0 Å². The van der Waals surface area contributed by atoms with Gasteiger partial charge in [0.05, 0.1) is 11.3 Å². The maximum Gasteiger partial charge on any atom is 0.164 e. The fourth-order valence-electron chi connectivity index (χ4n) is 3.13. The van der Waals surface area contributed by atoms with E-state index in [2.05, 4.69) is 23.5 Å². The summed E-state index contributed by atoms with van der Waals surface area (Å²) in [7, 11) is 0. The molecule has 0 aliphatic heterocycles. The summed E-state index contributed by atoms with van der Waals surface area (Å²) in [6.07, 6.45) is 3.71. The van der Waals surface area contributed by atoms with Crippen LogP contribution in [0, 0.1) is 18.8 Å². The molecule has 1 aliphatic carbocycles. The van der Waals surface area contributed by atoms with E-state index in [1.54, 1.807) is 6.92 Å². The predicted octanol–water partition coefficient (Wildman–Crippen LogP) is 3.89. The van der Waals surface area contributed by atoms with Crippen LogP contribution in [0.2, 0.25) is 0 Å². The fourth-order valence-corrected chi connectivity index (χ4v) is 4.05. The standard InChI is InChI=1S/C14H22N2OS/c1-8-5-9(2)7-12(6-8)15-14-13(11(4)17)10(3)16-18-14/h8-9,12,15H,5-7H2,1-4H3. The van der Waals surface area contributed by atoms with E-state index < -0.39 is 0 Å². The van der Waals surface area contributed by atoms with Gasteiger partial charge >= 0.3 is 0 Å². The van der Waals surface area contributed by atoms with Crippen LogP contribution in [0.5, 0.6) is 0 Å². The van der Waals surface area contributed by atoms with Crippen LogP contribution in [0.4, 0.5) is 5.00 Å². The van der Waals surface area contributed by atoms with Crippen molar-refractivity contribution in [3.63, 3.8) is 0 Å². The smallest absolute Gasteiger partial charge is 0.164 e. The number of nitrogens with one attached hydrogen (secondary N) is 1. The van der Waals surface area contributed by atoms with Gasteiger partial charge < -0.3 is 5.32 Å². The monoisotopic (exact) mass is 266 g/mol. The van der Waals surface area contributed by atoms with Gasteiger partial charge in [-0.05, 0) is 56.5 Å². The van der Waals surface area contributed by atoms with Gasteiger partial charge in [0, 0.05) is 6.04 Å². The first-order valence-corrected chi connectivity index (χ1v) is 7.48. The zero-order chi connectivity index (χ0) is 13.3. The minimum atomic E-state index is 0.112. The highest BCUT2D eigenvalue weighted by atomic mass is 32.1. The average Bonchev–Trinajstić information content (AvgIpc) is 2.57. The lowest BCUT2D eigenvalue weighted by Crippen LogP contribution is -2.30. The molecule has 4 heteroatoms. The maximum absolute atomic E-state index is 11.6. The van der Waals surface area contributed by atoms with Gasteiger partial charge in [-0.1, -0.05) is 13.8 Å². The Morgan fingerprint density at radius 1 is 1.28 bits per heavy atom. The van der Waals surface area contributed by atoms with Crippen molar-refractivity contribution in [2.45, 2.75) is 53.0 Å². The summed E-state index contributed by atoms with van der Waals surface area (Å²) in [4.78, 5) is 11.6. The third kappa shape index (κ3) is 2.91. The minimum absolute atomic E-state index is 0.112. The van der Waals surface area contributed by atoms with E-state index in [1.807, 2.05) is 6.92 Å². The van der Waals surface area contributed by atoms with Crippen molar-refractivity contribution in [1.82, 2.24) is 4.37 Å². The lowest BCUT2D eigenvalue weighted by atomic mass is 9.80. The number of rotatable bonds is 3. The summed E-state index contributed by atoms with van der Waals surface area (Å²) in [5.74, 6) is 1.64. The quantitative estimate of drug-likeness (QED) is 0.844. The highest BCUT2D eigenvalue weighted by Gasteiger charge is 2.25. The first kappa shape index (κ1) is 13.5. The molecule has 1 N–H and O–H groups in total. The molecular weight excluding hydrogens is 244 g/mol. The Balaban J connectivity index is 2.12. The summed E-state index contributed by atoms with van der Waals surface area (Å²) < 4.78 is 4.30. The normalized spacial score (nSPS) is 28.1. The van der Waals surface area contributed by atoms with E-state index in [-0.39, 0.29) is 5.78 Å². The van der Waals surface area contributed by atoms with Crippen LogP contribution in [0.25, 0.3) is 0 Å². The van der Waals surface area contributed by atoms with Crippen LogP contribution in [-0.2, 0) is 0 Å².